The summed E-state index contributed by atoms with van der Waals surface area (Å²) < 4.78 is 13.5. The number of nitro groups is 1. The first-order valence-electron chi connectivity index (χ1n) is 5.96. The minimum Gasteiger partial charge on any atom is -0.320 e. The van der Waals surface area contributed by atoms with Crippen molar-refractivity contribution >= 4 is 17.3 Å². The maximum atomic E-state index is 13.5. The van der Waals surface area contributed by atoms with Crippen LogP contribution in [-0.2, 0) is 4.79 Å². The minimum atomic E-state index is -0.856. The quantitative estimate of drug-likeness (QED) is 0.610. The first-order valence-corrected chi connectivity index (χ1v) is 5.96. The number of nitrogens with one attached hydrogen (secondary N) is 1. The van der Waals surface area contributed by atoms with Crippen LogP contribution in [0.15, 0.2) is 18.2 Å². The van der Waals surface area contributed by atoms with E-state index in [1.54, 1.807) is 0 Å². The van der Waals surface area contributed by atoms with Gasteiger partial charge in [0.1, 0.15) is 0 Å². The van der Waals surface area contributed by atoms with Crippen LogP contribution in [0, 0.1) is 15.9 Å². The second-order valence-electron chi connectivity index (χ2n) is 4.13. The minimum absolute atomic E-state index is 0.440. The molecule has 0 heterocycles. The molecule has 1 atom stereocenters. The normalized spacial score (nSPS) is 11.9. The van der Waals surface area contributed by atoms with Crippen molar-refractivity contribution in [1.82, 2.24) is 0 Å². The van der Waals surface area contributed by atoms with Crippen LogP contribution in [0.25, 0.3) is 0 Å². The first kappa shape index (κ1) is 15.0. The molecule has 0 aromatic heterocycles. The van der Waals surface area contributed by atoms with Gasteiger partial charge in [-0.25, -0.2) is 4.39 Å². The summed E-state index contributed by atoms with van der Waals surface area (Å²) in [6.45, 7) is 1.95. The summed E-state index contributed by atoms with van der Waals surface area (Å²) in [6, 6.07) is 2.57. The van der Waals surface area contributed by atoms with Gasteiger partial charge in [-0.1, -0.05) is 25.8 Å². The third-order valence-electron chi connectivity index (χ3n) is 2.64. The number of unbranched alkanes of at least 4 members (excludes halogenated alkanes) is 1. The highest BCUT2D eigenvalue weighted by Crippen LogP contribution is 2.27. The van der Waals surface area contributed by atoms with E-state index in [1.165, 1.54) is 6.07 Å². The van der Waals surface area contributed by atoms with Crippen LogP contribution in [0.2, 0.25) is 0 Å². The number of nitro benzene ring substituents is 1. The number of hydrogen-bond acceptors (Lipinski definition) is 4. The number of rotatable bonds is 6. The van der Waals surface area contributed by atoms with Crippen molar-refractivity contribution < 1.29 is 14.1 Å². The lowest BCUT2D eigenvalue weighted by Crippen LogP contribution is -2.35. The average Bonchev–Trinajstić information content (AvgIpc) is 2.37. The topological polar surface area (TPSA) is 98.3 Å². The van der Waals surface area contributed by atoms with Gasteiger partial charge in [0, 0.05) is 6.07 Å². The number of carbonyl (C=O) groups excluding carboxylic acids is 1. The molecule has 0 fully saturated rings. The van der Waals surface area contributed by atoms with Gasteiger partial charge in [0.05, 0.1) is 11.0 Å². The van der Waals surface area contributed by atoms with Gasteiger partial charge < -0.3 is 11.1 Å². The van der Waals surface area contributed by atoms with Crippen molar-refractivity contribution in [3.63, 3.8) is 0 Å². The van der Waals surface area contributed by atoms with E-state index in [9.17, 15) is 19.3 Å². The number of nitrogens with two attached hydrogens (primary N) is 1. The van der Waals surface area contributed by atoms with Gasteiger partial charge in [0.15, 0.2) is 11.5 Å². The zero-order valence-electron chi connectivity index (χ0n) is 10.6. The second kappa shape index (κ2) is 6.79. The molecule has 0 saturated heterocycles. The van der Waals surface area contributed by atoms with Crippen LogP contribution >= 0.6 is 0 Å². The van der Waals surface area contributed by atoms with Crippen molar-refractivity contribution in [3.8, 4) is 0 Å². The van der Waals surface area contributed by atoms with E-state index in [-0.39, 0.29) is 0 Å². The van der Waals surface area contributed by atoms with E-state index in [0.717, 1.165) is 25.0 Å². The number of hydrogen-bond donors (Lipinski definition) is 2. The second-order valence-corrected chi connectivity index (χ2v) is 4.13. The van der Waals surface area contributed by atoms with Crippen LogP contribution in [0.3, 0.4) is 0 Å². The SMILES string of the molecule is CCCC[C@H](N)C(=O)Nc1c(F)cccc1[N+](=O)[O-]. The smallest absolute Gasteiger partial charge is 0.295 e. The number of carbonyl (C=O) groups is 1. The van der Waals surface area contributed by atoms with Crippen LogP contribution in [-0.4, -0.2) is 16.9 Å². The Hall–Kier alpha value is -2.02. The number of amides is 1. The van der Waals surface area contributed by atoms with Gasteiger partial charge in [-0.15, -0.1) is 0 Å². The molecular formula is C12H16FN3O3. The lowest BCUT2D eigenvalue weighted by atomic mass is 10.1. The highest BCUT2D eigenvalue weighted by atomic mass is 19.1. The number of anilines is 1. The van der Waals surface area contributed by atoms with Gasteiger partial charge in [0.2, 0.25) is 5.91 Å². The maximum Gasteiger partial charge on any atom is 0.295 e. The van der Waals surface area contributed by atoms with Crippen LogP contribution in [0.4, 0.5) is 15.8 Å². The van der Waals surface area contributed by atoms with Crippen molar-refractivity contribution in [3.05, 3.63) is 34.1 Å². The first-order chi connectivity index (χ1) is 8.97. The van der Waals surface area contributed by atoms with Crippen molar-refractivity contribution in [2.75, 3.05) is 5.32 Å². The third kappa shape index (κ3) is 3.99. The Morgan fingerprint density at radius 3 is 2.84 bits per heavy atom. The molecule has 3 N–H and O–H groups in total. The molecule has 0 radical (unpaired) electrons. The Labute approximate surface area is 109 Å². The van der Waals surface area contributed by atoms with Gasteiger partial charge in [-0.2, -0.15) is 0 Å². The monoisotopic (exact) mass is 269 g/mol. The number of halogens is 1. The van der Waals surface area contributed by atoms with E-state index in [2.05, 4.69) is 5.32 Å². The summed E-state index contributed by atoms with van der Waals surface area (Å²) >= 11 is 0. The van der Waals surface area contributed by atoms with Crippen LogP contribution < -0.4 is 11.1 Å². The highest BCUT2D eigenvalue weighted by Gasteiger charge is 2.22. The van der Waals surface area contributed by atoms with Crippen molar-refractivity contribution in [1.29, 1.82) is 0 Å². The summed E-state index contributed by atoms with van der Waals surface area (Å²) in [5.41, 5.74) is 4.69. The lowest BCUT2D eigenvalue weighted by Gasteiger charge is -2.12. The Kier molecular flexibility index (Phi) is 5.37. The third-order valence-corrected chi connectivity index (χ3v) is 2.64. The van der Waals surface area contributed by atoms with Crippen molar-refractivity contribution in [2.45, 2.75) is 32.2 Å². The zero-order valence-corrected chi connectivity index (χ0v) is 10.6. The number of para-hydroxylation sites is 1. The molecular weight excluding hydrogens is 253 g/mol. The fraction of sp³-hybridized carbons (Fsp3) is 0.417. The fourth-order valence-corrected chi connectivity index (χ4v) is 1.56. The van der Waals surface area contributed by atoms with Crippen LogP contribution in [0.1, 0.15) is 26.2 Å². The molecule has 0 aliphatic rings. The van der Waals surface area contributed by atoms with E-state index < -0.39 is 34.1 Å². The summed E-state index contributed by atoms with van der Waals surface area (Å²) in [7, 11) is 0. The fourth-order valence-electron chi connectivity index (χ4n) is 1.56. The van der Waals surface area contributed by atoms with E-state index in [4.69, 9.17) is 5.73 Å². The Morgan fingerprint density at radius 2 is 2.26 bits per heavy atom. The average molecular weight is 269 g/mol. The van der Waals surface area contributed by atoms with Crippen molar-refractivity contribution in [2.24, 2.45) is 5.73 Å². The predicted molar refractivity (Wildman–Crippen MR) is 69.2 cm³/mol. The van der Waals surface area contributed by atoms with Gasteiger partial charge >= 0.3 is 0 Å². The van der Waals surface area contributed by atoms with E-state index in [1.807, 2.05) is 6.92 Å². The molecule has 0 aliphatic carbocycles. The molecule has 19 heavy (non-hydrogen) atoms. The van der Waals surface area contributed by atoms with Crippen LogP contribution in [0.5, 0.6) is 0 Å². The summed E-state index contributed by atoms with van der Waals surface area (Å²) in [4.78, 5) is 21.7. The summed E-state index contributed by atoms with van der Waals surface area (Å²) in [5.74, 6) is -1.48. The molecule has 1 rings (SSSR count). The molecule has 0 saturated carbocycles. The van der Waals surface area contributed by atoms with Gasteiger partial charge in [-0.05, 0) is 12.5 Å². The summed E-state index contributed by atoms with van der Waals surface area (Å²) in [5, 5.41) is 12.9. The van der Waals surface area contributed by atoms with E-state index >= 15 is 0 Å². The molecule has 0 aliphatic heterocycles. The standard InChI is InChI=1S/C12H16FN3O3/c1-2-3-6-9(14)12(17)15-11-8(13)5-4-7-10(11)16(18)19/h4-5,7,9H,2-3,6,14H2,1H3,(H,15,17)/t9-/m0/s1. The molecule has 6 nitrogen and oxygen atoms in total. The number of nitrogens with zero attached hydrogens (tertiary/aromatic N) is 1. The summed E-state index contributed by atoms with van der Waals surface area (Å²) in [6.07, 6.45) is 2.08. The molecule has 1 aromatic carbocycles. The molecule has 0 spiro atoms. The molecule has 0 bridgehead atoms. The molecule has 1 amide bonds. The largest absolute Gasteiger partial charge is 0.320 e. The Morgan fingerprint density at radius 1 is 1.58 bits per heavy atom. The molecule has 1 aromatic rings. The van der Waals surface area contributed by atoms with Gasteiger partial charge in [0.25, 0.3) is 5.69 Å². The van der Waals surface area contributed by atoms with Gasteiger partial charge in [-0.3, -0.25) is 14.9 Å². The lowest BCUT2D eigenvalue weighted by molar-refractivity contribution is -0.384. The Bertz CT molecular complexity index is 479. The van der Waals surface area contributed by atoms with E-state index in [0.29, 0.717) is 6.42 Å². The predicted octanol–water partition coefficient (Wildman–Crippen LogP) is 2.19. The Balaban J connectivity index is 2.87. The molecule has 0 unspecified atom stereocenters. The highest BCUT2D eigenvalue weighted by molar-refractivity contribution is 5.96. The molecule has 7 heteroatoms. The molecule has 104 valence electrons. The maximum absolute atomic E-state index is 13.5. The number of benzene rings is 1. The zero-order chi connectivity index (χ0) is 14.4.